The molecule has 13 heavy (non-hydrogen) atoms. The highest BCUT2D eigenvalue weighted by Crippen LogP contribution is 1.81. The van der Waals surface area contributed by atoms with Crippen LogP contribution in [0.2, 0.25) is 0 Å². The van der Waals surface area contributed by atoms with Crippen LogP contribution in [-0.4, -0.2) is 55.9 Å². The Balaban J connectivity index is 3.01. The molecule has 0 saturated carbocycles. The van der Waals surface area contributed by atoms with Gasteiger partial charge in [-0.15, -0.1) is 0 Å². The molecule has 0 aliphatic heterocycles. The third-order valence-electron chi connectivity index (χ3n) is 1.14. The number of carbonyl (C=O) groups is 1. The zero-order valence-electron chi connectivity index (χ0n) is 7.31. The van der Waals surface area contributed by atoms with E-state index in [0.29, 0.717) is 19.6 Å². The molecular formula is C7H15NO5. The Morgan fingerprint density at radius 2 is 2.00 bits per heavy atom. The van der Waals surface area contributed by atoms with Crippen molar-refractivity contribution in [2.24, 2.45) is 0 Å². The van der Waals surface area contributed by atoms with Gasteiger partial charge >= 0.3 is 0 Å². The molecule has 0 saturated heterocycles. The molecule has 78 valence electrons. The number of rotatable bonds is 9. The van der Waals surface area contributed by atoms with E-state index in [-0.39, 0.29) is 19.8 Å². The molecular weight excluding hydrogens is 178 g/mol. The van der Waals surface area contributed by atoms with E-state index >= 15 is 0 Å². The minimum atomic E-state index is -0.977. The van der Waals surface area contributed by atoms with Crippen molar-refractivity contribution in [2.75, 3.05) is 33.0 Å². The third kappa shape index (κ3) is 9.22. The van der Waals surface area contributed by atoms with Gasteiger partial charge in [-0.25, -0.2) is 0 Å². The summed E-state index contributed by atoms with van der Waals surface area (Å²) in [5.41, 5.74) is 0. The van der Waals surface area contributed by atoms with E-state index in [1.54, 1.807) is 0 Å². The SMILES string of the molecule is O=CNC(O)COCCOCCO. The highest BCUT2D eigenvalue weighted by atomic mass is 16.5. The van der Waals surface area contributed by atoms with Crippen molar-refractivity contribution < 1.29 is 24.5 Å². The van der Waals surface area contributed by atoms with Gasteiger partial charge in [0.15, 0.2) is 0 Å². The van der Waals surface area contributed by atoms with Crippen LogP contribution >= 0.6 is 0 Å². The van der Waals surface area contributed by atoms with E-state index in [9.17, 15) is 4.79 Å². The van der Waals surface area contributed by atoms with E-state index in [1.807, 2.05) is 0 Å². The first-order chi connectivity index (χ1) is 6.31. The standard InChI is InChI=1S/C7H15NO5/c9-1-2-12-3-4-13-5-7(11)8-6-10/h6-7,9,11H,1-5H2,(H,8,10). The van der Waals surface area contributed by atoms with Crippen molar-refractivity contribution in [3.05, 3.63) is 0 Å². The minimum absolute atomic E-state index is 0.0185. The minimum Gasteiger partial charge on any atom is -0.394 e. The van der Waals surface area contributed by atoms with Crippen LogP contribution in [0.1, 0.15) is 0 Å². The van der Waals surface area contributed by atoms with Gasteiger partial charge in [-0.1, -0.05) is 0 Å². The Morgan fingerprint density at radius 1 is 1.31 bits per heavy atom. The fourth-order valence-electron chi connectivity index (χ4n) is 0.606. The quantitative estimate of drug-likeness (QED) is 0.225. The van der Waals surface area contributed by atoms with Crippen LogP contribution in [0.25, 0.3) is 0 Å². The van der Waals surface area contributed by atoms with Gasteiger partial charge in [0.2, 0.25) is 6.41 Å². The summed E-state index contributed by atoms with van der Waals surface area (Å²) < 4.78 is 9.79. The molecule has 6 heteroatoms. The summed E-state index contributed by atoms with van der Waals surface area (Å²) in [7, 11) is 0. The predicted octanol–water partition coefficient (Wildman–Crippen LogP) is -1.92. The number of aliphatic hydroxyl groups is 2. The second-order valence-corrected chi connectivity index (χ2v) is 2.21. The lowest BCUT2D eigenvalue weighted by atomic mass is 10.6. The molecule has 1 unspecified atom stereocenters. The number of amides is 1. The lowest BCUT2D eigenvalue weighted by Gasteiger charge is -2.09. The average Bonchev–Trinajstić information content (AvgIpc) is 2.11. The zero-order chi connectivity index (χ0) is 9.94. The molecule has 0 spiro atoms. The van der Waals surface area contributed by atoms with Crippen LogP contribution < -0.4 is 5.32 Å². The molecule has 0 fully saturated rings. The van der Waals surface area contributed by atoms with E-state index in [1.165, 1.54) is 0 Å². The molecule has 0 aliphatic rings. The topological polar surface area (TPSA) is 88.0 Å². The summed E-state index contributed by atoms with van der Waals surface area (Å²) in [6.07, 6.45) is -0.577. The van der Waals surface area contributed by atoms with Gasteiger partial charge in [-0.2, -0.15) is 0 Å². The largest absolute Gasteiger partial charge is 0.394 e. The molecule has 0 aromatic heterocycles. The van der Waals surface area contributed by atoms with Gasteiger partial charge in [0.05, 0.1) is 33.0 Å². The number of carbonyl (C=O) groups excluding carboxylic acids is 1. The summed E-state index contributed by atoms with van der Waals surface area (Å²) in [5, 5.41) is 19.3. The summed E-state index contributed by atoms with van der Waals surface area (Å²) in [6.45, 7) is 0.959. The van der Waals surface area contributed by atoms with Crippen molar-refractivity contribution in [2.45, 2.75) is 6.23 Å². The van der Waals surface area contributed by atoms with E-state index in [4.69, 9.17) is 19.7 Å². The van der Waals surface area contributed by atoms with Crippen molar-refractivity contribution in [1.29, 1.82) is 0 Å². The average molecular weight is 193 g/mol. The lowest BCUT2D eigenvalue weighted by molar-refractivity contribution is -0.113. The fourth-order valence-corrected chi connectivity index (χ4v) is 0.606. The van der Waals surface area contributed by atoms with Crippen LogP contribution in [0.3, 0.4) is 0 Å². The van der Waals surface area contributed by atoms with E-state index in [2.05, 4.69) is 5.32 Å². The summed E-state index contributed by atoms with van der Waals surface area (Å²) in [4.78, 5) is 9.81. The molecule has 0 radical (unpaired) electrons. The van der Waals surface area contributed by atoms with Crippen LogP contribution in [0.5, 0.6) is 0 Å². The number of ether oxygens (including phenoxy) is 2. The Morgan fingerprint density at radius 3 is 2.62 bits per heavy atom. The molecule has 0 rings (SSSR count). The van der Waals surface area contributed by atoms with Crippen molar-refractivity contribution in [1.82, 2.24) is 5.32 Å². The molecule has 3 N–H and O–H groups in total. The Labute approximate surface area is 76.5 Å². The first-order valence-electron chi connectivity index (χ1n) is 3.95. The first-order valence-corrected chi connectivity index (χ1v) is 3.95. The number of hydrogen-bond acceptors (Lipinski definition) is 5. The molecule has 0 heterocycles. The Kier molecular flexibility index (Phi) is 8.90. The predicted molar refractivity (Wildman–Crippen MR) is 43.9 cm³/mol. The van der Waals surface area contributed by atoms with Crippen molar-refractivity contribution in [3.8, 4) is 0 Å². The fraction of sp³-hybridized carbons (Fsp3) is 0.857. The maximum atomic E-state index is 9.81. The van der Waals surface area contributed by atoms with Crippen LogP contribution in [0.15, 0.2) is 0 Å². The lowest BCUT2D eigenvalue weighted by Crippen LogP contribution is -2.32. The highest BCUT2D eigenvalue weighted by Gasteiger charge is 1.99. The van der Waals surface area contributed by atoms with Gasteiger partial charge in [0.1, 0.15) is 6.23 Å². The molecule has 1 amide bonds. The van der Waals surface area contributed by atoms with Gasteiger partial charge in [-0.3, -0.25) is 4.79 Å². The molecule has 0 aliphatic carbocycles. The molecule has 0 aromatic carbocycles. The number of nitrogens with one attached hydrogen (secondary N) is 1. The zero-order valence-corrected chi connectivity index (χ0v) is 7.31. The third-order valence-corrected chi connectivity index (χ3v) is 1.14. The monoisotopic (exact) mass is 193 g/mol. The van der Waals surface area contributed by atoms with Gasteiger partial charge in [-0.05, 0) is 0 Å². The van der Waals surface area contributed by atoms with Gasteiger partial charge < -0.3 is 25.0 Å². The Bertz CT molecular complexity index is 121. The highest BCUT2D eigenvalue weighted by molar-refractivity contribution is 5.46. The van der Waals surface area contributed by atoms with Gasteiger partial charge in [0, 0.05) is 0 Å². The summed E-state index contributed by atoms with van der Waals surface area (Å²) >= 11 is 0. The molecule has 0 aromatic rings. The van der Waals surface area contributed by atoms with Crippen LogP contribution in [0, 0.1) is 0 Å². The van der Waals surface area contributed by atoms with E-state index < -0.39 is 6.23 Å². The second-order valence-electron chi connectivity index (χ2n) is 2.21. The number of hydrogen-bond donors (Lipinski definition) is 3. The normalized spacial score (nSPS) is 12.5. The molecule has 0 bridgehead atoms. The van der Waals surface area contributed by atoms with Crippen LogP contribution in [-0.2, 0) is 14.3 Å². The maximum absolute atomic E-state index is 9.81. The van der Waals surface area contributed by atoms with E-state index in [0.717, 1.165) is 0 Å². The van der Waals surface area contributed by atoms with Gasteiger partial charge in [0.25, 0.3) is 0 Å². The number of aliphatic hydroxyl groups excluding tert-OH is 2. The Hall–Kier alpha value is -0.690. The van der Waals surface area contributed by atoms with Crippen molar-refractivity contribution in [3.63, 3.8) is 0 Å². The summed E-state index contributed by atoms with van der Waals surface area (Å²) in [6, 6.07) is 0. The summed E-state index contributed by atoms with van der Waals surface area (Å²) in [5.74, 6) is 0. The second kappa shape index (κ2) is 9.40. The van der Waals surface area contributed by atoms with Crippen molar-refractivity contribution >= 4 is 6.41 Å². The van der Waals surface area contributed by atoms with Crippen LogP contribution in [0.4, 0.5) is 0 Å². The first kappa shape index (κ1) is 12.3. The smallest absolute Gasteiger partial charge is 0.209 e. The maximum Gasteiger partial charge on any atom is 0.209 e. The molecule has 1 atom stereocenters. The molecule has 6 nitrogen and oxygen atoms in total.